The number of rotatable bonds is 6. The summed E-state index contributed by atoms with van der Waals surface area (Å²) in [5.74, 6) is 2.02. The van der Waals surface area contributed by atoms with Crippen LogP contribution >= 0.6 is 11.3 Å². The van der Waals surface area contributed by atoms with Crippen LogP contribution in [0.15, 0.2) is 40.8 Å². The lowest BCUT2D eigenvalue weighted by molar-refractivity contribution is 0.463. The van der Waals surface area contributed by atoms with E-state index in [1.165, 1.54) is 29.8 Å². The second-order valence-electron chi connectivity index (χ2n) is 8.12. The number of pyridine rings is 1. The molecule has 2 aliphatic heterocycles. The topological polar surface area (TPSA) is 55.8 Å². The number of anilines is 2. The van der Waals surface area contributed by atoms with E-state index in [1.54, 1.807) is 0 Å². The van der Waals surface area contributed by atoms with E-state index in [2.05, 4.69) is 62.0 Å². The summed E-state index contributed by atoms with van der Waals surface area (Å²) in [4.78, 5) is 14.4. The zero-order chi connectivity index (χ0) is 20.6. The van der Waals surface area contributed by atoms with Gasteiger partial charge in [0.2, 0.25) is 0 Å². The minimum Gasteiger partial charge on any atom is -0.363 e. The number of nitrogens with zero attached hydrogens (tertiary/aromatic N) is 4. The number of aliphatic imine (C=N–C) groups is 1. The lowest BCUT2D eigenvalue weighted by atomic mass is 10.1. The minimum atomic E-state index is 0.473. The van der Waals surface area contributed by atoms with Crippen LogP contribution in [0.25, 0.3) is 0 Å². The Bertz CT molecular complexity index is 792. The predicted molar refractivity (Wildman–Crippen MR) is 128 cm³/mol. The summed E-state index contributed by atoms with van der Waals surface area (Å²) in [5.41, 5.74) is 1.22. The zero-order valence-electron chi connectivity index (χ0n) is 18.0. The second-order valence-corrected chi connectivity index (χ2v) is 9.05. The largest absolute Gasteiger partial charge is 0.363 e. The Labute approximate surface area is 184 Å². The van der Waals surface area contributed by atoms with Gasteiger partial charge >= 0.3 is 0 Å². The molecule has 2 saturated heterocycles. The van der Waals surface area contributed by atoms with Gasteiger partial charge in [-0.05, 0) is 74.2 Å². The predicted octanol–water partition coefficient (Wildman–Crippen LogP) is 3.86. The number of nitrogens with one attached hydrogen (secondary N) is 2. The molecule has 0 radical (unpaired) electrons. The summed E-state index contributed by atoms with van der Waals surface area (Å²) >= 11 is 1.83. The van der Waals surface area contributed by atoms with Crippen molar-refractivity contribution in [3.8, 4) is 0 Å². The third-order valence-electron chi connectivity index (χ3n) is 5.91. The van der Waals surface area contributed by atoms with Crippen LogP contribution in [0.1, 0.15) is 44.6 Å². The fourth-order valence-corrected chi connectivity index (χ4v) is 5.02. The highest BCUT2D eigenvalue weighted by Crippen LogP contribution is 2.25. The molecule has 0 aromatic carbocycles. The fourth-order valence-electron chi connectivity index (χ4n) is 4.23. The Kier molecular flexibility index (Phi) is 7.45. The molecule has 0 aliphatic carbocycles. The van der Waals surface area contributed by atoms with Gasteiger partial charge in [-0.3, -0.25) is 0 Å². The first kappa shape index (κ1) is 21.0. The van der Waals surface area contributed by atoms with E-state index in [4.69, 9.17) is 4.99 Å². The Hall–Kier alpha value is -2.28. The maximum atomic E-state index is 4.87. The van der Waals surface area contributed by atoms with Crippen molar-refractivity contribution in [2.24, 2.45) is 4.99 Å². The highest BCUT2D eigenvalue weighted by atomic mass is 32.1. The van der Waals surface area contributed by atoms with Crippen LogP contribution in [0.4, 0.5) is 10.8 Å². The van der Waals surface area contributed by atoms with E-state index in [-0.39, 0.29) is 0 Å². The van der Waals surface area contributed by atoms with Gasteiger partial charge in [0, 0.05) is 45.0 Å². The first-order chi connectivity index (χ1) is 14.8. The van der Waals surface area contributed by atoms with Crippen LogP contribution in [0.3, 0.4) is 0 Å². The molecule has 2 aliphatic rings. The summed E-state index contributed by atoms with van der Waals surface area (Å²) < 4.78 is 0. The van der Waals surface area contributed by atoms with Gasteiger partial charge < -0.3 is 20.4 Å². The number of thiophene rings is 1. The van der Waals surface area contributed by atoms with Gasteiger partial charge in [-0.25, -0.2) is 9.98 Å². The molecule has 7 heteroatoms. The molecule has 0 spiro atoms. The van der Waals surface area contributed by atoms with Crippen molar-refractivity contribution < 1.29 is 0 Å². The van der Waals surface area contributed by atoms with Crippen molar-refractivity contribution in [3.63, 3.8) is 0 Å². The van der Waals surface area contributed by atoms with Crippen molar-refractivity contribution in [2.45, 2.75) is 51.6 Å². The number of hydrogen-bond donors (Lipinski definition) is 2. The van der Waals surface area contributed by atoms with Crippen LogP contribution < -0.4 is 20.4 Å². The van der Waals surface area contributed by atoms with Gasteiger partial charge in [0.15, 0.2) is 5.96 Å². The van der Waals surface area contributed by atoms with Crippen molar-refractivity contribution >= 4 is 28.1 Å². The quantitative estimate of drug-likeness (QED) is 0.543. The molecule has 162 valence electrons. The molecule has 0 atom stereocenters. The minimum absolute atomic E-state index is 0.473. The van der Waals surface area contributed by atoms with E-state index in [1.807, 2.05) is 17.5 Å². The van der Waals surface area contributed by atoms with E-state index in [0.29, 0.717) is 12.6 Å². The Morgan fingerprint density at radius 1 is 1.13 bits per heavy atom. The third-order valence-corrected chi connectivity index (χ3v) is 6.84. The molecule has 0 saturated carbocycles. The van der Waals surface area contributed by atoms with Crippen molar-refractivity contribution in [1.29, 1.82) is 0 Å². The van der Waals surface area contributed by atoms with E-state index in [0.717, 1.165) is 57.3 Å². The number of aromatic nitrogens is 1. The van der Waals surface area contributed by atoms with Gasteiger partial charge in [0.05, 0.1) is 11.5 Å². The standard InChI is InChI=1S/C23H34N6S/c1-2-24-23(27-20-9-14-29(15-10-20)22-7-6-16-30-22)26-18-19-8-11-25-21(17-19)28-12-4-3-5-13-28/h6-8,11,16-17,20H,2-5,9-10,12-15,18H2,1H3,(H2,24,26,27). The zero-order valence-corrected chi connectivity index (χ0v) is 18.8. The van der Waals surface area contributed by atoms with Gasteiger partial charge in [-0.15, -0.1) is 11.3 Å². The first-order valence-electron chi connectivity index (χ1n) is 11.3. The van der Waals surface area contributed by atoms with Crippen LogP contribution in [0, 0.1) is 0 Å². The fraction of sp³-hybridized carbons (Fsp3) is 0.565. The molecule has 2 fully saturated rings. The van der Waals surface area contributed by atoms with Crippen LogP contribution in [0.2, 0.25) is 0 Å². The third kappa shape index (κ3) is 5.65. The molecule has 2 N–H and O–H groups in total. The number of piperidine rings is 2. The summed E-state index contributed by atoms with van der Waals surface area (Å²) in [6.45, 7) is 8.10. The number of hydrogen-bond acceptors (Lipinski definition) is 5. The molecule has 0 bridgehead atoms. The van der Waals surface area contributed by atoms with Crippen LogP contribution in [-0.4, -0.2) is 49.7 Å². The van der Waals surface area contributed by atoms with Gasteiger partial charge in [-0.1, -0.05) is 0 Å². The lowest BCUT2D eigenvalue weighted by Gasteiger charge is -2.33. The SMILES string of the molecule is CCNC(=NCc1ccnc(N2CCCCC2)c1)NC1CCN(c2cccs2)CC1. The maximum absolute atomic E-state index is 4.87. The smallest absolute Gasteiger partial charge is 0.191 e. The Morgan fingerprint density at radius 3 is 2.70 bits per heavy atom. The summed E-state index contributed by atoms with van der Waals surface area (Å²) in [5, 5.41) is 10.6. The molecular weight excluding hydrogens is 392 g/mol. The van der Waals surface area contributed by atoms with Crippen molar-refractivity contribution in [1.82, 2.24) is 15.6 Å². The van der Waals surface area contributed by atoms with E-state index >= 15 is 0 Å². The maximum Gasteiger partial charge on any atom is 0.191 e. The summed E-state index contributed by atoms with van der Waals surface area (Å²) in [6.07, 6.45) is 8.07. The molecule has 0 unspecified atom stereocenters. The highest BCUT2D eigenvalue weighted by Gasteiger charge is 2.20. The van der Waals surface area contributed by atoms with Crippen molar-refractivity contribution in [2.75, 3.05) is 42.5 Å². The molecule has 6 nitrogen and oxygen atoms in total. The number of guanidine groups is 1. The normalized spacial score (nSPS) is 18.5. The molecule has 4 rings (SSSR count). The average Bonchev–Trinajstić information content (AvgIpc) is 3.34. The van der Waals surface area contributed by atoms with Gasteiger partial charge in [-0.2, -0.15) is 0 Å². The summed E-state index contributed by atoms with van der Waals surface area (Å²) in [7, 11) is 0. The second kappa shape index (κ2) is 10.7. The van der Waals surface area contributed by atoms with Gasteiger partial charge in [0.25, 0.3) is 0 Å². The Balaban J connectivity index is 1.33. The lowest BCUT2D eigenvalue weighted by Crippen LogP contribution is -2.48. The Morgan fingerprint density at radius 2 is 1.97 bits per heavy atom. The van der Waals surface area contributed by atoms with Crippen molar-refractivity contribution in [3.05, 3.63) is 41.4 Å². The van der Waals surface area contributed by atoms with E-state index < -0.39 is 0 Å². The van der Waals surface area contributed by atoms with Gasteiger partial charge in [0.1, 0.15) is 5.82 Å². The monoisotopic (exact) mass is 426 g/mol. The highest BCUT2D eigenvalue weighted by molar-refractivity contribution is 7.14. The first-order valence-corrected chi connectivity index (χ1v) is 12.2. The molecule has 30 heavy (non-hydrogen) atoms. The summed E-state index contributed by atoms with van der Waals surface area (Å²) in [6, 6.07) is 9.12. The molecule has 2 aromatic rings. The van der Waals surface area contributed by atoms with Crippen LogP contribution in [-0.2, 0) is 6.54 Å². The van der Waals surface area contributed by atoms with E-state index in [9.17, 15) is 0 Å². The molecular formula is C23H34N6S. The molecule has 2 aromatic heterocycles. The molecule has 4 heterocycles. The van der Waals surface area contributed by atoms with Crippen LogP contribution in [0.5, 0.6) is 0 Å². The molecule has 0 amide bonds. The average molecular weight is 427 g/mol.